The highest BCUT2D eigenvalue weighted by Crippen LogP contribution is 2.16. The van der Waals surface area contributed by atoms with Gasteiger partial charge in [0.1, 0.15) is 0 Å². The number of benzene rings is 1. The lowest BCUT2D eigenvalue weighted by molar-refractivity contribution is 0.775. The van der Waals surface area contributed by atoms with Gasteiger partial charge in [0.15, 0.2) is 0 Å². The fourth-order valence-corrected chi connectivity index (χ4v) is 2.56. The van der Waals surface area contributed by atoms with E-state index in [1.54, 1.807) is 0 Å². The number of hydrogen-bond donors (Lipinski definition) is 0. The molecule has 0 fully saturated rings. The van der Waals surface area contributed by atoms with E-state index in [0.717, 1.165) is 18.3 Å². The summed E-state index contributed by atoms with van der Waals surface area (Å²) >= 11 is 0. The highest BCUT2D eigenvalue weighted by atomic mass is 14.7. The summed E-state index contributed by atoms with van der Waals surface area (Å²) in [6, 6.07) is 4.31. The smallest absolute Gasteiger partial charge is 0.0652 e. The van der Waals surface area contributed by atoms with Gasteiger partial charge in [0.05, 0.1) is 5.36 Å². The van der Waals surface area contributed by atoms with Crippen LogP contribution in [-0.2, 0) is 0 Å². The summed E-state index contributed by atoms with van der Waals surface area (Å²) in [4.78, 5) is 4.65. The first-order valence-electron chi connectivity index (χ1n) is 7.61. The average molecular weight is 269 g/mol. The fourth-order valence-electron chi connectivity index (χ4n) is 2.56. The van der Waals surface area contributed by atoms with Crippen LogP contribution < -0.4 is 10.6 Å². The maximum atomic E-state index is 4.65. The molecule has 0 aliphatic carbocycles. The van der Waals surface area contributed by atoms with Gasteiger partial charge in [0.2, 0.25) is 0 Å². The molecule has 0 aromatic heterocycles. The molecule has 0 radical (unpaired) electrons. The number of fused-ring (bicyclic) bond motifs is 1. The predicted octanol–water partition coefficient (Wildman–Crippen LogP) is 4.05. The molecule has 0 N–H and O–H groups in total. The second-order valence-corrected chi connectivity index (χ2v) is 5.10. The van der Waals surface area contributed by atoms with Gasteiger partial charge in [0.25, 0.3) is 0 Å². The quantitative estimate of drug-likeness (QED) is 0.734. The zero-order valence-electron chi connectivity index (χ0n) is 13.5. The lowest BCUT2D eigenvalue weighted by Crippen LogP contribution is -2.35. The molecule has 0 atom stereocenters. The number of rotatable bonds is 3. The Bertz CT molecular complexity index is 603. The van der Waals surface area contributed by atoms with Gasteiger partial charge in [-0.05, 0) is 36.5 Å². The van der Waals surface area contributed by atoms with E-state index < -0.39 is 0 Å². The summed E-state index contributed by atoms with van der Waals surface area (Å²) in [5.74, 6) is 0.580. The Kier molecular flexibility index (Phi) is 6.44. The van der Waals surface area contributed by atoms with E-state index in [4.69, 9.17) is 0 Å². The topological polar surface area (TPSA) is 12.4 Å². The fraction of sp³-hybridized carbons (Fsp3) is 0.421. The van der Waals surface area contributed by atoms with Crippen LogP contribution in [0.1, 0.15) is 45.2 Å². The highest BCUT2D eigenvalue weighted by molar-refractivity contribution is 5.62. The summed E-state index contributed by atoms with van der Waals surface area (Å²) in [5, 5.41) is 2.51. The third kappa shape index (κ3) is 3.47. The lowest BCUT2D eigenvalue weighted by Gasteiger charge is -2.17. The molecular weight excluding hydrogens is 242 g/mol. The summed E-state index contributed by atoms with van der Waals surface area (Å²) in [5.41, 5.74) is 4.15. The molecule has 108 valence electrons. The molecule has 1 aliphatic rings. The van der Waals surface area contributed by atoms with Crippen molar-refractivity contribution >= 4 is 11.6 Å². The maximum Gasteiger partial charge on any atom is 0.0652 e. The van der Waals surface area contributed by atoms with Crippen molar-refractivity contribution in [2.24, 2.45) is 10.9 Å². The zero-order valence-corrected chi connectivity index (χ0v) is 13.5. The van der Waals surface area contributed by atoms with Gasteiger partial charge in [-0.2, -0.15) is 0 Å². The minimum Gasteiger partial charge on any atom is -0.284 e. The zero-order chi connectivity index (χ0) is 15.1. The molecule has 0 amide bonds. The van der Waals surface area contributed by atoms with Crippen LogP contribution in [0.5, 0.6) is 0 Å². The van der Waals surface area contributed by atoms with Gasteiger partial charge in [-0.3, -0.25) is 4.99 Å². The second kappa shape index (κ2) is 7.84. The molecule has 0 bridgehead atoms. The number of nitrogens with zero attached hydrogens (tertiary/aromatic N) is 1. The first-order valence-corrected chi connectivity index (χ1v) is 7.61. The van der Waals surface area contributed by atoms with E-state index in [-0.39, 0.29) is 0 Å². The normalized spacial score (nSPS) is 13.6. The van der Waals surface area contributed by atoms with Crippen LogP contribution in [-0.4, -0.2) is 6.54 Å². The van der Waals surface area contributed by atoms with E-state index >= 15 is 0 Å². The van der Waals surface area contributed by atoms with Crippen LogP contribution in [0, 0.1) is 12.8 Å². The van der Waals surface area contributed by atoms with Crippen LogP contribution in [0.2, 0.25) is 0 Å². The van der Waals surface area contributed by atoms with E-state index in [2.05, 4.69) is 50.6 Å². The molecular formula is C19H27N. The number of aryl methyl sites for hydroxylation is 1. The van der Waals surface area contributed by atoms with Crippen LogP contribution in [0.25, 0.3) is 11.6 Å². The predicted molar refractivity (Wildman–Crippen MR) is 90.3 cm³/mol. The second-order valence-electron chi connectivity index (χ2n) is 5.10. The van der Waals surface area contributed by atoms with Crippen molar-refractivity contribution in [3.63, 3.8) is 0 Å². The van der Waals surface area contributed by atoms with Crippen LogP contribution >= 0.6 is 0 Å². The Balaban J connectivity index is 0.000000956. The first kappa shape index (κ1) is 16.4. The SMILES string of the molecule is C=C/C=C\c1c(C)ccc2c1=C(C(C)C)CCN=2.CC. The van der Waals surface area contributed by atoms with Gasteiger partial charge in [0, 0.05) is 11.8 Å². The summed E-state index contributed by atoms with van der Waals surface area (Å²) in [7, 11) is 0. The van der Waals surface area contributed by atoms with Crippen molar-refractivity contribution in [1.82, 2.24) is 0 Å². The Morgan fingerprint density at radius 1 is 1.25 bits per heavy atom. The maximum absolute atomic E-state index is 4.65. The molecule has 0 saturated carbocycles. The van der Waals surface area contributed by atoms with E-state index in [1.165, 1.54) is 21.9 Å². The molecule has 1 heteroatoms. The third-order valence-electron chi connectivity index (χ3n) is 3.52. The van der Waals surface area contributed by atoms with E-state index in [9.17, 15) is 0 Å². The monoisotopic (exact) mass is 269 g/mol. The van der Waals surface area contributed by atoms with Crippen molar-refractivity contribution in [1.29, 1.82) is 0 Å². The summed E-state index contributed by atoms with van der Waals surface area (Å²) in [6.07, 6.45) is 7.08. The standard InChI is InChI=1S/C17H21N.C2H6/c1-5-6-7-15-13(4)8-9-16-17(15)14(12(2)3)10-11-18-16;1-2/h5-9,12H,1,10-11H2,2-4H3;1-2H3/b7-6-;. The van der Waals surface area contributed by atoms with Crippen LogP contribution in [0.3, 0.4) is 0 Å². The average Bonchev–Trinajstić information content (AvgIpc) is 2.47. The Hall–Kier alpha value is -1.63. The molecule has 20 heavy (non-hydrogen) atoms. The number of hydrogen-bond acceptors (Lipinski definition) is 1. The highest BCUT2D eigenvalue weighted by Gasteiger charge is 2.12. The summed E-state index contributed by atoms with van der Waals surface area (Å²) < 4.78 is 0. The van der Waals surface area contributed by atoms with Gasteiger partial charge in [-0.15, -0.1) is 0 Å². The largest absolute Gasteiger partial charge is 0.284 e. The van der Waals surface area contributed by atoms with Gasteiger partial charge < -0.3 is 0 Å². The van der Waals surface area contributed by atoms with Gasteiger partial charge >= 0.3 is 0 Å². The molecule has 1 aromatic carbocycles. The molecule has 0 unspecified atom stereocenters. The molecule has 1 aliphatic heterocycles. The minimum absolute atomic E-state index is 0.580. The van der Waals surface area contributed by atoms with Crippen LogP contribution in [0.4, 0.5) is 0 Å². The Morgan fingerprint density at radius 2 is 1.95 bits per heavy atom. The number of allylic oxidation sites excluding steroid dienone is 2. The molecule has 1 heterocycles. The lowest BCUT2D eigenvalue weighted by atomic mass is 9.91. The Morgan fingerprint density at radius 3 is 2.55 bits per heavy atom. The van der Waals surface area contributed by atoms with E-state index in [1.807, 2.05) is 26.0 Å². The summed E-state index contributed by atoms with van der Waals surface area (Å²) in [6.45, 7) is 15.4. The first-order chi connectivity index (χ1) is 9.65. The molecule has 0 saturated heterocycles. The van der Waals surface area contributed by atoms with Gasteiger partial charge in [-0.1, -0.05) is 64.1 Å². The molecule has 1 nitrogen and oxygen atoms in total. The van der Waals surface area contributed by atoms with Crippen molar-refractivity contribution in [2.45, 2.75) is 41.0 Å². The van der Waals surface area contributed by atoms with Crippen LogP contribution in [0.15, 0.2) is 35.9 Å². The van der Waals surface area contributed by atoms with Gasteiger partial charge in [-0.25, -0.2) is 0 Å². The van der Waals surface area contributed by atoms with Crippen molar-refractivity contribution in [3.05, 3.63) is 52.6 Å². The van der Waals surface area contributed by atoms with Crippen molar-refractivity contribution in [2.75, 3.05) is 6.54 Å². The van der Waals surface area contributed by atoms with Crippen molar-refractivity contribution < 1.29 is 0 Å². The third-order valence-corrected chi connectivity index (χ3v) is 3.52. The molecule has 2 rings (SSSR count). The van der Waals surface area contributed by atoms with E-state index in [0.29, 0.717) is 5.92 Å². The molecule has 0 spiro atoms. The minimum atomic E-state index is 0.580. The molecule has 1 aromatic rings. The Labute approximate surface area is 123 Å². The van der Waals surface area contributed by atoms with Crippen molar-refractivity contribution in [3.8, 4) is 0 Å².